The molecule has 0 spiro atoms. The molecule has 2 aromatic heterocycles. The first kappa shape index (κ1) is 19.5. The molecule has 1 aliphatic carbocycles. The SMILES string of the molecule is CC(C)(C)OC(=O)NC1CC(c2nnc(-c3nccs3)n2-c2ccccc2F)C1. The van der Waals surface area contributed by atoms with E-state index in [1.807, 2.05) is 26.2 Å². The van der Waals surface area contributed by atoms with Crippen molar-refractivity contribution in [2.75, 3.05) is 0 Å². The minimum atomic E-state index is -0.541. The van der Waals surface area contributed by atoms with Crippen LogP contribution in [0.5, 0.6) is 0 Å². The summed E-state index contributed by atoms with van der Waals surface area (Å²) < 4.78 is 21.6. The smallest absolute Gasteiger partial charge is 0.407 e. The molecular formula is C20H22FN5O2S. The van der Waals surface area contributed by atoms with Crippen LogP contribution in [0.2, 0.25) is 0 Å². The van der Waals surface area contributed by atoms with E-state index in [1.54, 1.807) is 29.0 Å². The number of benzene rings is 1. The number of aromatic nitrogens is 4. The highest BCUT2D eigenvalue weighted by Gasteiger charge is 2.37. The Labute approximate surface area is 172 Å². The summed E-state index contributed by atoms with van der Waals surface area (Å²) in [6.07, 6.45) is 2.62. The second-order valence-electron chi connectivity index (χ2n) is 8.02. The lowest BCUT2D eigenvalue weighted by atomic mass is 9.79. The van der Waals surface area contributed by atoms with Gasteiger partial charge in [0.05, 0.1) is 5.69 Å². The Morgan fingerprint density at radius 2 is 2.03 bits per heavy atom. The van der Waals surface area contributed by atoms with Crippen LogP contribution >= 0.6 is 11.3 Å². The van der Waals surface area contributed by atoms with Crippen LogP contribution < -0.4 is 5.32 Å². The van der Waals surface area contributed by atoms with Crippen molar-refractivity contribution in [2.45, 2.75) is 51.2 Å². The van der Waals surface area contributed by atoms with Gasteiger partial charge in [0.25, 0.3) is 0 Å². The van der Waals surface area contributed by atoms with Crippen LogP contribution in [0.25, 0.3) is 16.5 Å². The minimum Gasteiger partial charge on any atom is -0.444 e. The van der Waals surface area contributed by atoms with Crippen LogP contribution in [0.4, 0.5) is 9.18 Å². The van der Waals surface area contributed by atoms with Gasteiger partial charge in [0.2, 0.25) is 0 Å². The van der Waals surface area contributed by atoms with Crippen LogP contribution in [0.3, 0.4) is 0 Å². The molecule has 1 aliphatic rings. The van der Waals surface area contributed by atoms with E-state index in [4.69, 9.17) is 4.74 Å². The van der Waals surface area contributed by atoms with Crippen molar-refractivity contribution < 1.29 is 13.9 Å². The van der Waals surface area contributed by atoms with Gasteiger partial charge in [-0.1, -0.05) is 12.1 Å². The third-order valence-electron chi connectivity index (χ3n) is 4.63. The quantitative estimate of drug-likeness (QED) is 0.687. The number of nitrogens with one attached hydrogen (secondary N) is 1. The number of hydrogen-bond acceptors (Lipinski definition) is 6. The van der Waals surface area contributed by atoms with Gasteiger partial charge in [-0.05, 0) is 45.7 Å². The van der Waals surface area contributed by atoms with Crippen LogP contribution in [-0.4, -0.2) is 37.5 Å². The van der Waals surface area contributed by atoms with E-state index in [0.29, 0.717) is 35.2 Å². The van der Waals surface area contributed by atoms with Gasteiger partial charge in [0, 0.05) is 23.5 Å². The molecule has 3 aromatic rings. The number of carbonyl (C=O) groups is 1. The Morgan fingerprint density at radius 1 is 1.28 bits per heavy atom. The summed E-state index contributed by atoms with van der Waals surface area (Å²) in [5.41, 5.74) is -0.151. The normalized spacial score (nSPS) is 18.9. The van der Waals surface area contributed by atoms with Crippen molar-refractivity contribution in [1.29, 1.82) is 0 Å². The molecule has 9 heteroatoms. The predicted octanol–water partition coefficient (Wildman–Crippen LogP) is 4.30. The van der Waals surface area contributed by atoms with E-state index in [0.717, 1.165) is 0 Å². The third kappa shape index (κ3) is 4.14. The first-order chi connectivity index (χ1) is 13.8. The van der Waals surface area contributed by atoms with Crippen LogP contribution in [-0.2, 0) is 4.74 Å². The van der Waals surface area contributed by atoms with Gasteiger partial charge >= 0.3 is 6.09 Å². The molecule has 152 valence electrons. The minimum absolute atomic E-state index is 0.0102. The highest BCUT2D eigenvalue weighted by molar-refractivity contribution is 7.13. The Kier molecular flexibility index (Phi) is 5.08. The zero-order valence-corrected chi connectivity index (χ0v) is 17.2. The van der Waals surface area contributed by atoms with Gasteiger partial charge in [0.15, 0.2) is 10.8 Å². The number of nitrogens with zero attached hydrogens (tertiary/aromatic N) is 4. The van der Waals surface area contributed by atoms with Gasteiger partial charge in [-0.2, -0.15) is 0 Å². The summed E-state index contributed by atoms with van der Waals surface area (Å²) in [6, 6.07) is 6.54. The van der Waals surface area contributed by atoms with Gasteiger partial charge in [-0.25, -0.2) is 14.2 Å². The van der Waals surface area contributed by atoms with E-state index in [1.165, 1.54) is 17.4 Å². The molecule has 0 bridgehead atoms. The maximum Gasteiger partial charge on any atom is 0.407 e. The van der Waals surface area contributed by atoms with Crippen molar-refractivity contribution in [3.8, 4) is 16.5 Å². The van der Waals surface area contributed by atoms with E-state index < -0.39 is 11.7 Å². The van der Waals surface area contributed by atoms with Crippen LogP contribution in [0, 0.1) is 5.82 Å². The Hall–Kier alpha value is -2.81. The molecule has 0 atom stereocenters. The topological polar surface area (TPSA) is 81.9 Å². The van der Waals surface area contributed by atoms with Crippen molar-refractivity contribution in [3.05, 3.63) is 47.5 Å². The summed E-state index contributed by atoms with van der Waals surface area (Å²) in [7, 11) is 0. The standard InChI is InChI=1S/C20H22FN5O2S/c1-20(2,3)28-19(27)23-13-10-12(11-13)16-24-25-17(18-22-8-9-29-18)26(16)15-7-5-4-6-14(15)21/h4-9,12-13H,10-11H2,1-3H3,(H,23,27). The van der Waals surface area contributed by atoms with E-state index in [2.05, 4.69) is 20.5 Å². The second-order valence-corrected chi connectivity index (χ2v) is 8.91. The fourth-order valence-corrected chi connectivity index (χ4v) is 3.93. The molecular weight excluding hydrogens is 393 g/mol. The molecule has 1 aromatic carbocycles. The van der Waals surface area contributed by atoms with Crippen LogP contribution in [0.1, 0.15) is 45.4 Å². The molecule has 0 aliphatic heterocycles. The van der Waals surface area contributed by atoms with Crippen molar-refractivity contribution in [1.82, 2.24) is 25.1 Å². The summed E-state index contributed by atoms with van der Waals surface area (Å²) in [6.45, 7) is 5.48. The van der Waals surface area contributed by atoms with Crippen molar-refractivity contribution in [2.24, 2.45) is 0 Å². The molecule has 0 saturated heterocycles. The number of halogens is 1. The molecule has 4 rings (SSSR count). The number of alkyl carbamates (subject to hydrolysis) is 1. The maximum atomic E-state index is 14.6. The number of rotatable bonds is 4. The summed E-state index contributed by atoms with van der Waals surface area (Å²) in [5.74, 6) is 0.885. The number of para-hydroxylation sites is 1. The molecule has 29 heavy (non-hydrogen) atoms. The van der Waals surface area contributed by atoms with Crippen molar-refractivity contribution >= 4 is 17.4 Å². The third-order valence-corrected chi connectivity index (χ3v) is 5.40. The average Bonchev–Trinajstić information content (AvgIpc) is 3.26. The predicted molar refractivity (Wildman–Crippen MR) is 108 cm³/mol. The van der Waals surface area contributed by atoms with Gasteiger partial charge in [-0.3, -0.25) is 4.57 Å². The highest BCUT2D eigenvalue weighted by Crippen LogP contribution is 2.39. The van der Waals surface area contributed by atoms with E-state index in [9.17, 15) is 9.18 Å². The van der Waals surface area contributed by atoms with Gasteiger partial charge in [-0.15, -0.1) is 21.5 Å². The zero-order valence-electron chi connectivity index (χ0n) is 16.4. The van der Waals surface area contributed by atoms with Crippen LogP contribution in [0.15, 0.2) is 35.8 Å². The molecule has 7 nitrogen and oxygen atoms in total. The highest BCUT2D eigenvalue weighted by atomic mass is 32.1. The van der Waals surface area contributed by atoms with E-state index in [-0.39, 0.29) is 17.8 Å². The fourth-order valence-electron chi connectivity index (χ4n) is 3.32. The number of carbonyl (C=O) groups excluding carboxylic acids is 1. The first-order valence-electron chi connectivity index (χ1n) is 9.41. The Balaban J connectivity index is 1.57. The summed E-state index contributed by atoms with van der Waals surface area (Å²) in [5, 5.41) is 14.0. The molecule has 0 unspecified atom stereocenters. The molecule has 2 heterocycles. The molecule has 1 saturated carbocycles. The maximum absolute atomic E-state index is 14.6. The van der Waals surface area contributed by atoms with Gasteiger partial charge < -0.3 is 10.1 Å². The summed E-state index contributed by atoms with van der Waals surface area (Å²) >= 11 is 1.43. The Bertz CT molecular complexity index is 1010. The lowest BCUT2D eigenvalue weighted by Gasteiger charge is -2.35. The number of ether oxygens (including phenoxy) is 1. The van der Waals surface area contributed by atoms with E-state index >= 15 is 0 Å². The average molecular weight is 415 g/mol. The molecule has 1 fully saturated rings. The lowest BCUT2D eigenvalue weighted by Crippen LogP contribution is -2.45. The first-order valence-corrected chi connectivity index (χ1v) is 10.3. The molecule has 1 N–H and O–H groups in total. The Morgan fingerprint density at radius 3 is 2.69 bits per heavy atom. The second kappa shape index (κ2) is 7.55. The fraction of sp³-hybridized carbons (Fsp3) is 0.400. The monoisotopic (exact) mass is 415 g/mol. The summed E-state index contributed by atoms with van der Waals surface area (Å²) in [4.78, 5) is 16.3. The van der Waals surface area contributed by atoms with Gasteiger partial charge in [0.1, 0.15) is 17.2 Å². The zero-order chi connectivity index (χ0) is 20.6. The lowest BCUT2D eigenvalue weighted by molar-refractivity contribution is 0.0469. The largest absolute Gasteiger partial charge is 0.444 e. The number of amides is 1. The number of hydrogen-bond donors (Lipinski definition) is 1. The van der Waals surface area contributed by atoms with Crippen molar-refractivity contribution in [3.63, 3.8) is 0 Å². The molecule has 1 amide bonds. The molecule has 0 radical (unpaired) electrons. The number of thiazole rings is 1.